The van der Waals surface area contributed by atoms with Crippen LogP contribution in [0.5, 0.6) is 5.75 Å². The highest BCUT2D eigenvalue weighted by molar-refractivity contribution is 9.10. The van der Waals surface area contributed by atoms with Gasteiger partial charge in [-0.25, -0.2) is 0 Å². The van der Waals surface area contributed by atoms with Crippen LogP contribution in [0.1, 0.15) is 16.7 Å². The third-order valence-corrected chi connectivity index (χ3v) is 3.35. The Labute approximate surface area is 120 Å². The quantitative estimate of drug-likeness (QED) is 0.798. The van der Waals surface area contributed by atoms with Crippen molar-refractivity contribution < 1.29 is 4.74 Å². The number of alkyl halides is 1. The lowest BCUT2D eigenvalue weighted by Gasteiger charge is -2.13. The second-order valence-electron chi connectivity index (χ2n) is 4.16. The van der Waals surface area contributed by atoms with E-state index in [9.17, 15) is 0 Å². The lowest BCUT2D eigenvalue weighted by molar-refractivity contribution is 0.301. The normalized spacial score (nSPS) is 10.7. The molecule has 0 unspecified atom stereocenters. The van der Waals surface area contributed by atoms with E-state index in [4.69, 9.17) is 16.3 Å². The van der Waals surface area contributed by atoms with E-state index in [2.05, 4.69) is 21.0 Å². The van der Waals surface area contributed by atoms with Gasteiger partial charge >= 0.3 is 0 Å². The van der Waals surface area contributed by atoms with Gasteiger partial charge in [-0.2, -0.15) is 5.10 Å². The van der Waals surface area contributed by atoms with Gasteiger partial charge in [0, 0.05) is 28.8 Å². The van der Waals surface area contributed by atoms with Crippen molar-refractivity contribution >= 4 is 27.5 Å². The molecule has 0 aliphatic rings. The molecule has 0 radical (unpaired) electrons. The summed E-state index contributed by atoms with van der Waals surface area (Å²) in [5, 5.41) is 4.11. The molecular formula is C13H14BrClN2O. The fourth-order valence-corrected chi connectivity index (χ4v) is 2.63. The average molecular weight is 330 g/mol. The van der Waals surface area contributed by atoms with Crippen LogP contribution in [-0.4, -0.2) is 9.78 Å². The highest BCUT2D eigenvalue weighted by atomic mass is 79.9. The maximum atomic E-state index is 5.94. The van der Waals surface area contributed by atoms with E-state index in [0.717, 1.165) is 26.9 Å². The van der Waals surface area contributed by atoms with Crippen LogP contribution in [0.4, 0.5) is 0 Å². The third-order valence-electron chi connectivity index (χ3n) is 2.60. The summed E-state index contributed by atoms with van der Waals surface area (Å²) in [5.74, 6) is 1.29. The first-order valence-corrected chi connectivity index (χ1v) is 6.88. The molecule has 0 saturated heterocycles. The Kier molecular flexibility index (Phi) is 4.30. The first kappa shape index (κ1) is 13.4. The van der Waals surface area contributed by atoms with E-state index in [-0.39, 0.29) is 0 Å². The SMILES string of the molecule is Cc1cc(Br)cc(CCl)c1OCc1cnn(C)c1. The fourth-order valence-electron chi connectivity index (χ4n) is 1.81. The monoisotopic (exact) mass is 328 g/mol. The van der Waals surface area contributed by atoms with Gasteiger partial charge in [-0.15, -0.1) is 11.6 Å². The number of halogens is 2. The van der Waals surface area contributed by atoms with E-state index in [1.54, 1.807) is 10.9 Å². The lowest BCUT2D eigenvalue weighted by atomic mass is 10.1. The van der Waals surface area contributed by atoms with Crippen molar-refractivity contribution in [2.45, 2.75) is 19.4 Å². The number of aryl methyl sites for hydroxylation is 2. The van der Waals surface area contributed by atoms with Gasteiger partial charge in [-0.3, -0.25) is 4.68 Å². The maximum absolute atomic E-state index is 5.94. The van der Waals surface area contributed by atoms with Crippen LogP contribution in [0.25, 0.3) is 0 Å². The Morgan fingerprint density at radius 3 is 2.83 bits per heavy atom. The molecule has 96 valence electrons. The molecule has 18 heavy (non-hydrogen) atoms. The van der Waals surface area contributed by atoms with Crippen molar-refractivity contribution in [2.75, 3.05) is 0 Å². The van der Waals surface area contributed by atoms with Crippen LogP contribution in [-0.2, 0) is 19.5 Å². The van der Waals surface area contributed by atoms with Gasteiger partial charge in [-0.1, -0.05) is 15.9 Å². The molecule has 0 amide bonds. The zero-order valence-corrected chi connectivity index (χ0v) is 12.6. The van der Waals surface area contributed by atoms with E-state index in [0.29, 0.717) is 12.5 Å². The molecule has 5 heteroatoms. The first-order valence-electron chi connectivity index (χ1n) is 5.55. The average Bonchev–Trinajstić information content (AvgIpc) is 2.73. The summed E-state index contributed by atoms with van der Waals surface area (Å²) >= 11 is 9.40. The minimum Gasteiger partial charge on any atom is -0.488 e. The van der Waals surface area contributed by atoms with Crippen molar-refractivity contribution in [1.29, 1.82) is 0 Å². The smallest absolute Gasteiger partial charge is 0.127 e. The number of rotatable bonds is 4. The summed E-state index contributed by atoms with van der Waals surface area (Å²) in [4.78, 5) is 0. The van der Waals surface area contributed by atoms with Gasteiger partial charge in [0.15, 0.2) is 0 Å². The summed E-state index contributed by atoms with van der Waals surface area (Å²) in [6.07, 6.45) is 3.74. The van der Waals surface area contributed by atoms with E-state index >= 15 is 0 Å². The van der Waals surface area contributed by atoms with Crippen LogP contribution in [0, 0.1) is 6.92 Å². The van der Waals surface area contributed by atoms with Crippen LogP contribution < -0.4 is 4.74 Å². The molecule has 1 aromatic carbocycles. The molecule has 3 nitrogen and oxygen atoms in total. The molecular weight excluding hydrogens is 316 g/mol. The highest BCUT2D eigenvalue weighted by Gasteiger charge is 2.09. The van der Waals surface area contributed by atoms with Crippen molar-refractivity contribution in [1.82, 2.24) is 9.78 Å². The Balaban J connectivity index is 2.18. The topological polar surface area (TPSA) is 27.1 Å². The number of aromatic nitrogens is 2. The minimum atomic E-state index is 0.433. The molecule has 0 aliphatic heterocycles. The summed E-state index contributed by atoms with van der Waals surface area (Å²) in [7, 11) is 1.89. The molecule has 0 aliphatic carbocycles. The van der Waals surface area contributed by atoms with Crippen LogP contribution >= 0.6 is 27.5 Å². The van der Waals surface area contributed by atoms with Gasteiger partial charge in [0.1, 0.15) is 12.4 Å². The molecule has 1 heterocycles. The Bertz CT molecular complexity index is 554. The third kappa shape index (κ3) is 3.06. The standard InChI is InChI=1S/C13H14BrClN2O/c1-9-3-12(14)4-11(5-15)13(9)18-8-10-6-16-17(2)7-10/h3-4,6-7H,5,8H2,1-2H3. The minimum absolute atomic E-state index is 0.433. The van der Waals surface area contributed by atoms with Crippen molar-refractivity contribution in [3.8, 4) is 5.75 Å². The Morgan fingerprint density at radius 2 is 2.22 bits per heavy atom. The number of benzene rings is 1. The molecule has 2 rings (SSSR count). The van der Waals surface area contributed by atoms with Gasteiger partial charge in [0.25, 0.3) is 0 Å². The van der Waals surface area contributed by atoms with Gasteiger partial charge in [-0.05, 0) is 24.6 Å². The fraction of sp³-hybridized carbons (Fsp3) is 0.308. The molecule has 0 fully saturated rings. The van der Waals surface area contributed by atoms with Crippen molar-refractivity contribution in [3.05, 3.63) is 45.7 Å². The molecule has 0 N–H and O–H groups in total. The number of hydrogen-bond acceptors (Lipinski definition) is 2. The van der Waals surface area contributed by atoms with Crippen LogP contribution in [0.15, 0.2) is 29.0 Å². The second kappa shape index (κ2) is 5.76. The maximum Gasteiger partial charge on any atom is 0.127 e. The lowest BCUT2D eigenvalue weighted by Crippen LogP contribution is -1.99. The number of ether oxygens (including phenoxy) is 1. The molecule has 0 saturated carbocycles. The van der Waals surface area contributed by atoms with Crippen molar-refractivity contribution in [2.24, 2.45) is 7.05 Å². The van der Waals surface area contributed by atoms with Crippen LogP contribution in [0.3, 0.4) is 0 Å². The molecule has 0 bridgehead atoms. The molecule has 0 spiro atoms. The molecule has 1 aromatic heterocycles. The highest BCUT2D eigenvalue weighted by Crippen LogP contribution is 2.29. The predicted molar refractivity (Wildman–Crippen MR) is 76.0 cm³/mol. The van der Waals surface area contributed by atoms with Crippen LogP contribution in [0.2, 0.25) is 0 Å². The summed E-state index contributed by atoms with van der Waals surface area (Å²) in [6.45, 7) is 2.51. The Hall–Kier alpha value is -1.00. The zero-order chi connectivity index (χ0) is 13.1. The molecule has 2 aromatic rings. The number of hydrogen-bond donors (Lipinski definition) is 0. The Morgan fingerprint density at radius 1 is 1.44 bits per heavy atom. The summed E-state index contributed by atoms with van der Waals surface area (Å²) in [6, 6.07) is 4.01. The van der Waals surface area contributed by atoms with Crippen molar-refractivity contribution in [3.63, 3.8) is 0 Å². The van der Waals surface area contributed by atoms with E-state index < -0.39 is 0 Å². The largest absolute Gasteiger partial charge is 0.488 e. The van der Waals surface area contributed by atoms with Gasteiger partial charge in [0.2, 0.25) is 0 Å². The van der Waals surface area contributed by atoms with E-state index in [1.807, 2.05) is 32.3 Å². The predicted octanol–water partition coefficient (Wildman–Crippen LogP) is 3.81. The molecule has 0 atom stereocenters. The summed E-state index contributed by atoms with van der Waals surface area (Å²) < 4.78 is 8.63. The summed E-state index contributed by atoms with van der Waals surface area (Å²) in [5.41, 5.74) is 3.11. The van der Waals surface area contributed by atoms with Gasteiger partial charge in [0.05, 0.1) is 12.1 Å². The van der Waals surface area contributed by atoms with E-state index in [1.165, 1.54) is 0 Å². The van der Waals surface area contributed by atoms with Gasteiger partial charge < -0.3 is 4.74 Å². The second-order valence-corrected chi connectivity index (χ2v) is 5.34. The zero-order valence-electron chi connectivity index (χ0n) is 10.3. The number of nitrogens with zero attached hydrogens (tertiary/aromatic N) is 2. The first-order chi connectivity index (χ1) is 8.60.